The molecule has 0 N–H and O–H groups in total. The molecule has 0 saturated carbocycles. The summed E-state index contributed by atoms with van der Waals surface area (Å²) >= 11 is 1.84. The third kappa shape index (κ3) is 5.56. The molecule has 56 heavy (non-hydrogen) atoms. The Morgan fingerprint density at radius 3 is 1.50 bits per heavy atom. The highest BCUT2D eigenvalue weighted by Crippen LogP contribution is 2.46. The molecule has 11 aromatic rings. The van der Waals surface area contributed by atoms with Crippen LogP contribution in [0, 0.1) is 0 Å². The first-order valence-corrected chi connectivity index (χ1v) is 19.5. The van der Waals surface area contributed by atoms with E-state index >= 15 is 0 Å². The Hall–Kier alpha value is -7.21. The second kappa shape index (κ2) is 13.3. The molecule has 0 saturated heterocycles. The van der Waals surface area contributed by atoms with Crippen LogP contribution in [0.5, 0.6) is 0 Å². The summed E-state index contributed by atoms with van der Waals surface area (Å²) in [6.45, 7) is 0. The summed E-state index contributed by atoms with van der Waals surface area (Å²) in [6.07, 6.45) is 0. The van der Waals surface area contributed by atoms with Gasteiger partial charge in [-0.2, -0.15) is 0 Å². The molecule has 0 bridgehead atoms. The van der Waals surface area contributed by atoms with E-state index in [1.807, 2.05) is 47.7 Å². The minimum absolute atomic E-state index is 0.590. The van der Waals surface area contributed by atoms with E-state index in [0.29, 0.717) is 17.5 Å². The first kappa shape index (κ1) is 32.2. The smallest absolute Gasteiger partial charge is 0.164 e. The van der Waals surface area contributed by atoms with Gasteiger partial charge >= 0.3 is 0 Å². The maximum absolute atomic E-state index is 6.72. The number of fused-ring (bicyclic) bond motifs is 6. The molecule has 11 rings (SSSR count). The Balaban J connectivity index is 1.04. The summed E-state index contributed by atoms with van der Waals surface area (Å²) in [5.41, 5.74) is 11.4. The minimum Gasteiger partial charge on any atom is -0.456 e. The lowest BCUT2D eigenvalue weighted by Crippen LogP contribution is -2.00. The average Bonchev–Trinajstić information content (AvgIpc) is 3.84. The molecule has 4 nitrogen and oxygen atoms in total. The predicted molar refractivity (Wildman–Crippen MR) is 233 cm³/mol. The average molecular weight is 734 g/mol. The van der Waals surface area contributed by atoms with Gasteiger partial charge in [0.1, 0.15) is 11.2 Å². The second-order valence-corrected chi connectivity index (χ2v) is 15.0. The van der Waals surface area contributed by atoms with Gasteiger partial charge in [0.2, 0.25) is 0 Å². The number of hydrogen-bond acceptors (Lipinski definition) is 5. The van der Waals surface area contributed by atoms with Gasteiger partial charge in [-0.15, -0.1) is 11.3 Å². The van der Waals surface area contributed by atoms with Crippen LogP contribution in [0.25, 0.3) is 110 Å². The van der Waals surface area contributed by atoms with Gasteiger partial charge in [0.25, 0.3) is 0 Å². The maximum Gasteiger partial charge on any atom is 0.164 e. The number of hydrogen-bond donors (Lipinski definition) is 0. The molecule has 0 spiro atoms. The van der Waals surface area contributed by atoms with Crippen molar-refractivity contribution < 1.29 is 4.42 Å². The molecule has 0 atom stereocenters. The SMILES string of the molecule is c1ccc(-c2ccc(-c3nc(-c4ccccc4)nc(-c4ccc5c(c4)oc4cc(-c6c(-c7ccccc7)ccc7sc8ccccc8c67)ccc45)n3)cc2)cc1. The van der Waals surface area contributed by atoms with Gasteiger partial charge in [-0.25, -0.2) is 15.0 Å². The largest absolute Gasteiger partial charge is 0.456 e. The third-order valence-electron chi connectivity index (χ3n) is 10.6. The van der Waals surface area contributed by atoms with Crippen LogP contribution in [0.3, 0.4) is 0 Å². The fourth-order valence-electron chi connectivity index (χ4n) is 7.84. The van der Waals surface area contributed by atoms with Crippen molar-refractivity contribution in [2.75, 3.05) is 0 Å². The van der Waals surface area contributed by atoms with Gasteiger partial charge in [-0.3, -0.25) is 0 Å². The zero-order valence-electron chi connectivity index (χ0n) is 30.1. The maximum atomic E-state index is 6.72. The highest BCUT2D eigenvalue weighted by molar-refractivity contribution is 7.26. The Kier molecular flexibility index (Phi) is 7.64. The van der Waals surface area contributed by atoms with Crippen LogP contribution in [0.2, 0.25) is 0 Å². The summed E-state index contributed by atoms with van der Waals surface area (Å²) < 4.78 is 9.28. The van der Waals surface area contributed by atoms with Crippen molar-refractivity contribution in [3.8, 4) is 67.5 Å². The molecular weight excluding hydrogens is 703 g/mol. The lowest BCUT2D eigenvalue weighted by atomic mass is 9.90. The highest BCUT2D eigenvalue weighted by Gasteiger charge is 2.19. The van der Waals surface area contributed by atoms with Crippen molar-refractivity contribution >= 4 is 53.4 Å². The molecule has 8 aromatic carbocycles. The molecule has 262 valence electrons. The monoisotopic (exact) mass is 733 g/mol. The molecule has 5 heteroatoms. The van der Waals surface area contributed by atoms with E-state index in [4.69, 9.17) is 19.4 Å². The van der Waals surface area contributed by atoms with E-state index < -0.39 is 0 Å². The summed E-state index contributed by atoms with van der Waals surface area (Å²) in [4.78, 5) is 15.0. The van der Waals surface area contributed by atoms with Crippen LogP contribution < -0.4 is 0 Å². The molecule has 3 aromatic heterocycles. The fourth-order valence-corrected chi connectivity index (χ4v) is 8.95. The summed E-state index contributed by atoms with van der Waals surface area (Å²) in [6, 6.07) is 65.7. The lowest BCUT2D eigenvalue weighted by molar-refractivity contribution is 0.669. The predicted octanol–water partition coefficient (Wildman–Crippen LogP) is 14.1. The van der Waals surface area contributed by atoms with E-state index in [1.54, 1.807) is 0 Å². The quantitative estimate of drug-likeness (QED) is 0.171. The highest BCUT2D eigenvalue weighted by atomic mass is 32.1. The van der Waals surface area contributed by atoms with Gasteiger partial charge in [0, 0.05) is 47.6 Å². The fraction of sp³-hybridized carbons (Fsp3) is 0. The Morgan fingerprint density at radius 2 is 0.821 bits per heavy atom. The molecule has 0 radical (unpaired) electrons. The van der Waals surface area contributed by atoms with Gasteiger partial charge in [-0.1, -0.05) is 152 Å². The van der Waals surface area contributed by atoms with Gasteiger partial charge in [0.15, 0.2) is 17.5 Å². The summed E-state index contributed by atoms with van der Waals surface area (Å²) in [7, 11) is 0. The molecule has 3 heterocycles. The third-order valence-corrected chi connectivity index (χ3v) is 11.7. The molecular formula is C51H31N3OS. The molecule has 0 unspecified atom stereocenters. The van der Waals surface area contributed by atoms with Crippen LogP contribution in [0.15, 0.2) is 192 Å². The number of nitrogens with zero attached hydrogens (tertiary/aromatic N) is 3. The Labute approximate surface area is 327 Å². The Morgan fingerprint density at radius 1 is 0.339 bits per heavy atom. The van der Waals surface area contributed by atoms with E-state index in [0.717, 1.165) is 49.8 Å². The molecule has 0 fully saturated rings. The molecule has 0 aliphatic heterocycles. The van der Waals surface area contributed by atoms with Gasteiger partial charge in [-0.05, 0) is 69.8 Å². The topological polar surface area (TPSA) is 51.8 Å². The van der Waals surface area contributed by atoms with Crippen LogP contribution in [-0.2, 0) is 0 Å². The lowest BCUT2D eigenvalue weighted by Gasteiger charge is -2.13. The Bertz CT molecular complexity index is 3230. The van der Waals surface area contributed by atoms with E-state index in [2.05, 4.69) is 152 Å². The first-order chi connectivity index (χ1) is 27.7. The van der Waals surface area contributed by atoms with Crippen molar-refractivity contribution in [2.45, 2.75) is 0 Å². The van der Waals surface area contributed by atoms with Crippen molar-refractivity contribution in [3.63, 3.8) is 0 Å². The summed E-state index contributed by atoms with van der Waals surface area (Å²) in [5.74, 6) is 1.83. The molecule has 0 amide bonds. The van der Waals surface area contributed by atoms with Gasteiger partial charge < -0.3 is 4.42 Å². The van der Waals surface area contributed by atoms with Crippen LogP contribution in [-0.4, -0.2) is 15.0 Å². The number of furan rings is 1. The van der Waals surface area contributed by atoms with Crippen molar-refractivity contribution in [1.29, 1.82) is 0 Å². The van der Waals surface area contributed by atoms with Crippen LogP contribution in [0.1, 0.15) is 0 Å². The van der Waals surface area contributed by atoms with E-state index in [-0.39, 0.29) is 0 Å². The minimum atomic E-state index is 0.590. The van der Waals surface area contributed by atoms with Crippen LogP contribution >= 0.6 is 11.3 Å². The van der Waals surface area contributed by atoms with Crippen molar-refractivity contribution in [1.82, 2.24) is 15.0 Å². The first-order valence-electron chi connectivity index (χ1n) is 18.7. The zero-order valence-corrected chi connectivity index (χ0v) is 30.9. The van der Waals surface area contributed by atoms with Crippen molar-refractivity contribution in [3.05, 3.63) is 188 Å². The number of aromatic nitrogens is 3. The van der Waals surface area contributed by atoms with Crippen molar-refractivity contribution in [2.24, 2.45) is 0 Å². The van der Waals surface area contributed by atoms with E-state index in [9.17, 15) is 0 Å². The second-order valence-electron chi connectivity index (χ2n) is 14.0. The molecule has 0 aliphatic rings. The van der Waals surface area contributed by atoms with E-state index in [1.165, 1.54) is 42.4 Å². The number of rotatable bonds is 6. The number of benzene rings is 8. The zero-order chi connectivity index (χ0) is 37.0. The summed E-state index contributed by atoms with van der Waals surface area (Å²) in [5, 5.41) is 4.66. The molecule has 0 aliphatic carbocycles. The number of thiophene rings is 1. The normalized spacial score (nSPS) is 11.6. The van der Waals surface area contributed by atoms with Crippen LogP contribution in [0.4, 0.5) is 0 Å². The standard InChI is InChI=1S/C51H31N3OS/c1-4-12-32(13-5-1)33-20-22-36(23-21-33)50-52-49(35-16-8-3-9-17-35)53-51(54-50)38-25-27-41-40-26-24-37(30-43(40)55-44(41)31-38)47-39(34-14-6-2-7-15-34)28-29-46-48(47)42-18-10-11-19-45(42)56-46/h1-31H. The van der Waals surface area contributed by atoms with Gasteiger partial charge in [0.05, 0.1) is 0 Å².